The number of carboxylic acids is 2. The molecule has 0 unspecified atom stereocenters. The molecule has 0 aromatic heterocycles. The summed E-state index contributed by atoms with van der Waals surface area (Å²) in [5.74, 6) is -2.51. The van der Waals surface area contributed by atoms with Gasteiger partial charge < -0.3 is 13.1 Å². The summed E-state index contributed by atoms with van der Waals surface area (Å²) in [6, 6.07) is 0. The molecule has 6 heteroatoms. The van der Waals surface area contributed by atoms with Crippen LogP contribution in [0.3, 0.4) is 0 Å². The first kappa shape index (κ1) is 17.4. The summed E-state index contributed by atoms with van der Waals surface area (Å²) in [6.07, 6.45) is 1.12. The van der Waals surface area contributed by atoms with Crippen molar-refractivity contribution >= 4 is 11.9 Å². The van der Waals surface area contributed by atoms with Crippen molar-refractivity contribution in [2.75, 3.05) is 0 Å². The van der Waals surface area contributed by atoms with Crippen LogP contribution >= 0.6 is 0 Å². The van der Waals surface area contributed by atoms with E-state index in [1.54, 1.807) is 0 Å². The number of hydrogen-bond acceptors (Lipinski definition) is 2. The summed E-state index contributed by atoms with van der Waals surface area (Å²) in [6.45, 7) is 0. The Bertz CT molecular complexity index is 136. The number of carbonyl (C=O) groups is 2. The number of rotatable bonds is 2. The van der Waals surface area contributed by atoms with Crippen LogP contribution in [0.4, 0.5) is 0 Å². The summed E-state index contributed by atoms with van der Waals surface area (Å²) < 4.78 is 0. The van der Waals surface area contributed by atoms with Crippen LogP contribution in [0.5, 0.6) is 0 Å². The summed E-state index contributed by atoms with van der Waals surface area (Å²) in [4.78, 5) is 19.1. The average Bonchev–Trinajstić information content (AvgIpc) is 1.61. The van der Waals surface area contributed by atoms with Gasteiger partial charge in [-0.1, -0.05) is 0 Å². The van der Waals surface area contributed by atoms with Gasteiger partial charge in [0.05, 0.1) is 0 Å². The summed E-state index contributed by atoms with van der Waals surface area (Å²) in [7, 11) is 0. The molecule has 0 aliphatic carbocycles. The molecule has 0 bridgehead atoms. The Morgan fingerprint density at radius 2 is 1.30 bits per heavy atom. The molecular formula is C4H6KNaO4. The Labute approximate surface area is 125 Å². The van der Waals surface area contributed by atoms with Crippen LogP contribution in [0.25, 0.3) is 0 Å². The van der Waals surface area contributed by atoms with E-state index in [1.807, 2.05) is 0 Å². The predicted molar refractivity (Wildman–Crippen MR) is 26.6 cm³/mol. The molecule has 0 rings (SSSR count). The van der Waals surface area contributed by atoms with E-state index in [-0.39, 0.29) is 83.8 Å². The third-order valence-corrected chi connectivity index (χ3v) is 0.368. The number of carboxylic acid groups (broad SMARTS) is 2. The SMILES string of the molecule is O=C(O)/C=C/C(=O)O.[H-].[H-].[K+].[Na+]. The second kappa shape index (κ2) is 10.3. The Morgan fingerprint density at radius 1 is 1.10 bits per heavy atom. The first-order chi connectivity index (χ1) is 3.63. The molecule has 0 spiro atoms. The molecule has 2 N–H and O–H groups in total. The molecule has 0 aromatic rings. The molecule has 0 aromatic carbocycles. The van der Waals surface area contributed by atoms with E-state index >= 15 is 0 Å². The smallest absolute Gasteiger partial charge is 1.00 e. The van der Waals surface area contributed by atoms with Crippen molar-refractivity contribution in [3.8, 4) is 0 Å². The van der Waals surface area contributed by atoms with Crippen molar-refractivity contribution in [1.29, 1.82) is 0 Å². The Morgan fingerprint density at radius 3 is 1.40 bits per heavy atom. The van der Waals surface area contributed by atoms with Gasteiger partial charge in [0.25, 0.3) is 0 Å². The van der Waals surface area contributed by atoms with Crippen molar-refractivity contribution in [1.82, 2.24) is 0 Å². The molecule has 0 heterocycles. The van der Waals surface area contributed by atoms with Gasteiger partial charge >= 0.3 is 92.9 Å². The minimum Gasteiger partial charge on any atom is -1.00 e. The van der Waals surface area contributed by atoms with E-state index in [0.717, 1.165) is 0 Å². The van der Waals surface area contributed by atoms with Gasteiger partial charge in [0.2, 0.25) is 0 Å². The van der Waals surface area contributed by atoms with Crippen molar-refractivity contribution in [2.45, 2.75) is 0 Å². The Balaban J connectivity index is -0.0000000408. The zero-order valence-corrected chi connectivity index (χ0v) is 11.0. The minimum absolute atomic E-state index is 0. The molecule has 10 heavy (non-hydrogen) atoms. The standard InChI is InChI=1S/C4H4O4.K.Na.2H/c5-3(6)1-2-4(7)8;;;;/h1-2H,(H,5,6)(H,7,8);;;;/q;2*+1;2*-1/b2-1+;;;;. The molecule has 0 saturated heterocycles. The maximum absolute atomic E-state index is 9.55. The fourth-order valence-electron chi connectivity index (χ4n) is 0.143. The van der Waals surface area contributed by atoms with Crippen LogP contribution in [0, 0.1) is 0 Å². The van der Waals surface area contributed by atoms with Gasteiger partial charge in [-0.15, -0.1) is 0 Å². The van der Waals surface area contributed by atoms with Gasteiger partial charge in [-0.2, -0.15) is 0 Å². The zero-order valence-electron chi connectivity index (χ0n) is 7.87. The van der Waals surface area contributed by atoms with E-state index in [0.29, 0.717) is 12.2 Å². The van der Waals surface area contributed by atoms with Crippen molar-refractivity contribution in [2.24, 2.45) is 0 Å². The van der Waals surface area contributed by atoms with Gasteiger partial charge in [0.15, 0.2) is 0 Å². The van der Waals surface area contributed by atoms with Crippen LogP contribution in [-0.4, -0.2) is 22.2 Å². The fraction of sp³-hybridized carbons (Fsp3) is 0. The van der Waals surface area contributed by atoms with Gasteiger partial charge in [-0.25, -0.2) is 9.59 Å². The van der Waals surface area contributed by atoms with Gasteiger partial charge in [0, 0.05) is 12.2 Å². The summed E-state index contributed by atoms with van der Waals surface area (Å²) in [5, 5.41) is 15.6. The first-order valence-electron chi connectivity index (χ1n) is 1.77. The van der Waals surface area contributed by atoms with Crippen molar-refractivity contribution < 1.29 is 104 Å². The maximum Gasteiger partial charge on any atom is 1.00 e. The van der Waals surface area contributed by atoms with E-state index in [2.05, 4.69) is 0 Å². The molecule has 0 aliphatic rings. The third kappa shape index (κ3) is 16.2. The topological polar surface area (TPSA) is 74.6 Å². The van der Waals surface area contributed by atoms with E-state index < -0.39 is 11.9 Å². The second-order valence-electron chi connectivity index (χ2n) is 1.01. The number of aliphatic carboxylic acids is 2. The van der Waals surface area contributed by atoms with Gasteiger partial charge in [-0.05, 0) is 0 Å². The molecule has 0 atom stereocenters. The van der Waals surface area contributed by atoms with Crippen LogP contribution in [0.15, 0.2) is 12.2 Å². The average molecular weight is 180 g/mol. The molecular weight excluding hydrogens is 174 g/mol. The fourth-order valence-corrected chi connectivity index (χ4v) is 0.143. The van der Waals surface area contributed by atoms with Gasteiger partial charge in [0.1, 0.15) is 0 Å². The minimum atomic E-state index is -1.26. The van der Waals surface area contributed by atoms with Crippen LogP contribution in [0.2, 0.25) is 0 Å². The van der Waals surface area contributed by atoms with Gasteiger partial charge in [-0.3, -0.25) is 0 Å². The van der Waals surface area contributed by atoms with Crippen molar-refractivity contribution in [3.05, 3.63) is 12.2 Å². The molecule has 48 valence electrons. The Kier molecular flexibility index (Phi) is 18.0. The third-order valence-electron chi connectivity index (χ3n) is 0.368. The predicted octanol–water partition coefficient (Wildman–Crippen LogP) is -6.06. The van der Waals surface area contributed by atoms with E-state index in [4.69, 9.17) is 10.2 Å². The molecule has 4 nitrogen and oxygen atoms in total. The molecule has 0 fully saturated rings. The summed E-state index contributed by atoms with van der Waals surface area (Å²) >= 11 is 0. The van der Waals surface area contributed by atoms with Crippen molar-refractivity contribution in [3.63, 3.8) is 0 Å². The Hall–Kier alpha value is 1.32. The normalized spacial score (nSPS) is 7.60. The van der Waals surface area contributed by atoms with Crippen LogP contribution in [0.1, 0.15) is 2.85 Å². The molecule has 0 amide bonds. The quantitative estimate of drug-likeness (QED) is 0.327. The van der Waals surface area contributed by atoms with E-state index in [1.165, 1.54) is 0 Å². The monoisotopic (exact) mass is 180 g/mol. The molecule has 0 radical (unpaired) electrons. The summed E-state index contributed by atoms with van der Waals surface area (Å²) in [5.41, 5.74) is 0. The molecule has 0 saturated carbocycles. The van der Waals surface area contributed by atoms with Crippen LogP contribution < -0.4 is 80.9 Å². The van der Waals surface area contributed by atoms with E-state index in [9.17, 15) is 9.59 Å². The second-order valence-corrected chi connectivity index (χ2v) is 1.01. The maximum atomic E-state index is 9.55. The van der Waals surface area contributed by atoms with Crippen LogP contribution in [-0.2, 0) is 9.59 Å². The first-order valence-corrected chi connectivity index (χ1v) is 1.77. The largest absolute Gasteiger partial charge is 1.00 e. The molecule has 0 aliphatic heterocycles. The zero-order chi connectivity index (χ0) is 6.57. The number of hydrogen-bond donors (Lipinski definition) is 2.